The van der Waals surface area contributed by atoms with Gasteiger partial charge in [-0.1, -0.05) is 18.2 Å². The van der Waals surface area contributed by atoms with E-state index in [1.54, 1.807) is 6.07 Å². The van der Waals surface area contributed by atoms with E-state index >= 15 is 0 Å². The Bertz CT molecular complexity index is 644. The highest BCUT2D eigenvalue weighted by Crippen LogP contribution is 2.18. The molecule has 21 heavy (non-hydrogen) atoms. The maximum absolute atomic E-state index is 8.96. The normalized spacial score (nSPS) is 9.95. The second-order valence-corrected chi connectivity index (χ2v) is 4.90. The summed E-state index contributed by atoms with van der Waals surface area (Å²) in [5.41, 5.74) is 3.05. The third kappa shape index (κ3) is 4.25. The van der Waals surface area contributed by atoms with Crippen molar-refractivity contribution in [3.63, 3.8) is 0 Å². The second-order valence-electron chi connectivity index (χ2n) is 4.90. The smallest absolute Gasteiger partial charge is 0.137 e. The second kappa shape index (κ2) is 7.35. The van der Waals surface area contributed by atoms with Crippen LogP contribution >= 0.6 is 0 Å². The van der Waals surface area contributed by atoms with Gasteiger partial charge in [-0.25, -0.2) is 0 Å². The molecule has 0 aliphatic rings. The zero-order valence-electron chi connectivity index (χ0n) is 12.4. The predicted molar refractivity (Wildman–Crippen MR) is 82.7 cm³/mol. The van der Waals surface area contributed by atoms with E-state index in [1.165, 1.54) is 11.1 Å². The molecule has 2 aromatic rings. The van der Waals surface area contributed by atoms with Gasteiger partial charge >= 0.3 is 0 Å². The van der Waals surface area contributed by atoms with Crippen molar-refractivity contribution in [1.82, 2.24) is 0 Å². The Morgan fingerprint density at radius 2 is 1.71 bits per heavy atom. The fourth-order valence-electron chi connectivity index (χ4n) is 1.92. The summed E-state index contributed by atoms with van der Waals surface area (Å²) in [7, 11) is 0. The molecule has 0 amide bonds. The number of rotatable bonds is 6. The van der Waals surface area contributed by atoms with Crippen LogP contribution in [0.1, 0.15) is 23.1 Å². The molecule has 0 radical (unpaired) electrons. The van der Waals surface area contributed by atoms with Crippen molar-refractivity contribution in [2.24, 2.45) is 0 Å². The minimum Gasteiger partial charge on any atom is -0.493 e. The third-order valence-electron chi connectivity index (χ3n) is 3.30. The lowest BCUT2D eigenvalue weighted by Gasteiger charge is -2.10. The maximum Gasteiger partial charge on any atom is 0.137 e. The lowest BCUT2D eigenvalue weighted by molar-refractivity contribution is 0.247. The van der Waals surface area contributed by atoms with E-state index in [0.29, 0.717) is 24.5 Å². The van der Waals surface area contributed by atoms with Crippen LogP contribution in [-0.2, 0) is 0 Å². The fraction of sp³-hybridized carbons (Fsp3) is 0.278. The molecule has 0 aliphatic heterocycles. The first kappa shape index (κ1) is 14.9. The van der Waals surface area contributed by atoms with Gasteiger partial charge in [-0.15, -0.1) is 0 Å². The first-order valence-electron chi connectivity index (χ1n) is 7.02. The van der Waals surface area contributed by atoms with Crippen LogP contribution in [0, 0.1) is 25.2 Å². The zero-order valence-corrected chi connectivity index (χ0v) is 12.4. The van der Waals surface area contributed by atoms with Crippen LogP contribution in [0.15, 0.2) is 42.5 Å². The van der Waals surface area contributed by atoms with E-state index in [1.807, 2.05) is 30.3 Å². The van der Waals surface area contributed by atoms with Gasteiger partial charge < -0.3 is 9.47 Å². The minimum absolute atomic E-state index is 0.531. The van der Waals surface area contributed by atoms with Crippen LogP contribution < -0.4 is 9.47 Å². The molecule has 0 saturated heterocycles. The van der Waals surface area contributed by atoms with Crippen LogP contribution in [0.3, 0.4) is 0 Å². The fourth-order valence-corrected chi connectivity index (χ4v) is 1.92. The number of hydrogen-bond donors (Lipinski definition) is 0. The number of benzene rings is 2. The molecule has 0 spiro atoms. The first-order valence-corrected chi connectivity index (χ1v) is 7.02. The third-order valence-corrected chi connectivity index (χ3v) is 3.30. The Morgan fingerprint density at radius 3 is 2.48 bits per heavy atom. The van der Waals surface area contributed by atoms with Crippen LogP contribution in [-0.4, -0.2) is 13.2 Å². The summed E-state index contributed by atoms with van der Waals surface area (Å²) < 4.78 is 11.3. The molecule has 3 heteroatoms. The average molecular weight is 281 g/mol. The highest BCUT2D eigenvalue weighted by Gasteiger charge is 2.01. The first-order chi connectivity index (χ1) is 10.2. The Kier molecular flexibility index (Phi) is 5.22. The van der Waals surface area contributed by atoms with Crippen LogP contribution in [0.4, 0.5) is 0 Å². The maximum atomic E-state index is 8.96. The van der Waals surface area contributed by atoms with Gasteiger partial charge in [0.25, 0.3) is 0 Å². The Balaban J connectivity index is 1.75. The number of ether oxygens (including phenoxy) is 2. The topological polar surface area (TPSA) is 42.2 Å². The van der Waals surface area contributed by atoms with Crippen molar-refractivity contribution in [3.8, 4) is 17.6 Å². The average Bonchev–Trinajstić information content (AvgIpc) is 2.51. The van der Waals surface area contributed by atoms with Gasteiger partial charge in [0.2, 0.25) is 0 Å². The molecule has 2 rings (SSSR count). The molecule has 2 aromatic carbocycles. The van der Waals surface area contributed by atoms with Crippen LogP contribution in [0.2, 0.25) is 0 Å². The van der Waals surface area contributed by atoms with Crippen molar-refractivity contribution in [2.45, 2.75) is 20.3 Å². The highest BCUT2D eigenvalue weighted by atomic mass is 16.5. The monoisotopic (exact) mass is 281 g/mol. The lowest BCUT2D eigenvalue weighted by Crippen LogP contribution is -2.05. The van der Waals surface area contributed by atoms with Crippen molar-refractivity contribution in [1.29, 1.82) is 5.26 Å². The molecule has 0 aliphatic carbocycles. The van der Waals surface area contributed by atoms with Gasteiger partial charge in [0.1, 0.15) is 17.6 Å². The molecule has 0 fully saturated rings. The number of aryl methyl sites for hydroxylation is 2. The van der Waals surface area contributed by atoms with Crippen molar-refractivity contribution in [2.75, 3.05) is 13.2 Å². The van der Waals surface area contributed by atoms with E-state index in [-0.39, 0.29) is 0 Å². The number of para-hydroxylation sites is 1. The molecule has 3 nitrogen and oxygen atoms in total. The van der Waals surface area contributed by atoms with E-state index < -0.39 is 0 Å². The SMILES string of the molecule is Cc1ccc(OCCCOc2ccccc2C#N)cc1C. The molecular weight excluding hydrogens is 262 g/mol. The standard InChI is InChI=1S/C18H19NO2/c1-14-8-9-17(12-15(14)2)20-10-5-11-21-18-7-4-3-6-16(18)13-19/h3-4,6-9,12H,5,10-11H2,1-2H3. The van der Waals surface area contributed by atoms with E-state index in [0.717, 1.165) is 12.2 Å². The molecule has 0 heterocycles. The van der Waals surface area contributed by atoms with Crippen LogP contribution in [0.5, 0.6) is 11.5 Å². The summed E-state index contributed by atoms with van der Waals surface area (Å²) >= 11 is 0. The predicted octanol–water partition coefficient (Wildman–Crippen LogP) is 4.02. The molecule has 0 saturated carbocycles. The largest absolute Gasteiger partial charge is 0.493 e. The van der Waals surface area contributed by atoms with E-state index in [9.17, 15) is 0 Å². The number of nitriles is 1. The summed E-state index contributed by atoms with van der Waals surface area (Å²) in [5.74, 6) is 1.52. The molecule has 0 N–H and O–H groups in total. The number of nitrogens with zero attached hydrogens (tertiary/aromatic N) is 1. The Hall–Kier alpha value is -2.47. The van der Waals surface area contributed by atoms with E-state index in [4.69, 9.17) is 14.7 Å². The Labute approximate surface area is 125 Å². The van der Waals surface area contributed by atoms with Gasteiger partial charge in [-0.2, -0.15) is 5.26 Å². The molecule has 0 aromatic heterocycles. The molecule has 0 unspecified atom stereocenters. The van der Waals surface area contributed by atoms with Crippen molar-refractivity contribution < 1.29 is 9.47 Å². The molecule has 0 bridgehead atoms. The number of hydrogen-bond acceptors (Lipinski definition) is 3. The molecule has 108 valence electrons. The quantitative estimate of drug-likeness (QED) is 0.751. The minimum atomic E-state index is 0.531. The highest BCUT2D eigenvalue weighted by molar-refractivity contribution is 5.42. The van der Waals surface area contributed by atoms with Gasteiger partial charge in [0.15, 0.2) is 0 Å². The van der Waals surface area contributed by atoms with Crippen LogP contribution in [0.25, 0.3) is 0 Å². The summed E-state index contributed by atoms with van der Waals surface area (Å²) in [6.07, 6.45) is 0.771. The summed E-state index contributed by atoms with van der Waals surface area (Å²) in [6.45, 7) is 5.28. The molecule has 0 atom stereocenters. The summed E-state index contributed by atoms with van der Waals surface area (Å²) in [6, 6.07) is 15.5. The van der Waals surface area contributed by atoms with Gasteiger partial charge in [0, 0.05) is 6.42 Å². The summed E-state index contributed by atoms with van der Waals surface area (Å²) in [4.78, 5) is 0. The van der Waals surface area contributed by atoms with Gasteiger partial charge in [-0.3, -0.25) is 0 Å². The lowest BCUT2D eigenvalue weighted by atomic mass is 10.1. The summed E-state index contributed by atoms with van der Waals surface area (Å²) in [5, 5.41) is 8.96. The van der Waals surface area contributed by atoms with Crippen molar-refractivity contribution in [3.05, 3.63) is 59.2 Å². The Morgan fingerprint density at radius 1 is 0.952 bits per heavy atom. The van der Waals surface area contributed by atoms with Gasteiger partial charge in [-0.05, 0) is 49.2 Å². The van der Waals surface area contributed by atoms with Crippen molar-refractivity contribution >= 4 is 0 Å². The zero-order chi connectivity index (χ0) is 15.1. The molecular formula is C18H19NO2. The van der Waals surface area contributed by atoms with E-state index in [2.05, 4.69) is 26.0 Å². The van der Waals surface area contributed by atoms with Gasteiger partial charge in [0.05, 0.1) is 18.8 Å².